The molecule has 1 atom stereocenters. The molecule has 0 amide bonds. The maximum atomic E-state index is 12.8. The van der Waals surface area contributed by atoms with E-state index in [-0.39, 0.29) is 18.0 Å². The molecule has 1 aliphatic heterocycles. The van der Waals surface area contributed by atoms with Crippen LogP contribution in [0.3, 0.4) is 0 Å². The number of likely N-dealkylation sites (tertiary alicyclic amines) is 1. The molecule has 2 fully saturated rings. The van der Waals surface area contributed by atoms with Crippen LogP contribution in [0.2, 0.25) is 0 Å². The van der Waals surface area contributed by atoms with Crippen molar-refractivity contribution in [2.75, 3.05) is 27.2 Å². The number of carbonyl (C=O) groups excluding carboxylic acids is 1. The number of hydrogen-bond donors (Lipinski definition) is 0. The zero-order chi connectivity index (χ0) is 16.3. The van der Waals surface area contributed by atoms with Crippen LogP contribution < -0.4 is 0 Å². The monoisotopic (exact) mass is 336 g/mol. The molecule has 1 aromatic rings. The lowest BCUT2D eigenvalue weighted by Crippen LogP contribution is -2.48. The van der Waals surface area contributed by atoms with Crippen molar-refractivity contribution in [2.24, 2.45) is 5.92 Å². The second-order valence-electron chi connectivity index (χ2n) is 7.97. The molecule has 0 spiro atoms. The van der Waals surface area contributed by atoms with Crippen LogP contribution in [-0.4, -0.2) is 43.7 Å². The van der Waals surface area contributed by atoms with Gasteiger partial charge in [-0.3, -0.25) is 4.79 Å². The van der Waals surface area contributed by atoms with E-state index in [4.69, 9.17) is 4.74 Å². The van der Waals surface area contributed by atoms with Crippen molar-refractivity contribution in [3.8, 4) is 0 Å². The number of hydrogen-bond acceptors (Lipinski definition) is 3. The Hall–Kier alpha value is -0.870. The van der Waals surface area contributed by atoms with Gasteiger partial charge in [0.2, 0.25) is 0 Å². The standard InChI is InChI=1S/C19H30NO2S/c1-20(2)11-9-16(10-12-20)22-19(21)17(18-8-5-13-23-18)14-15-6-3-4-7-15/h5,8,13,15-17H,3-4,6-7,9-12,14H2,1-2H3/q+1/t17-/m0/s1. The van der Waals surface area contributed by atoms with E-state index in [1.54, 1.807) is 11.3 Å². The van der Waals surface area contributed by atoms with Gasteiger partial charge in [-0.2, -0.15) is 0 Å². The lowest BCUT2D eigenvalue weighted by Gasteiger charge is -2.37. The van der Waals surface area contributed by atoms with Gasteiger partial charge in [0.1, 0.15) is 6.10 Å². The molecule has 128 valence electrons. The normalized spacial score (nSPS) is 23.7. The summed E-state index contributed by atoms with van der Waals surface area (Å²) in [6.45, 7) is 2.20. The molecule has 0 N–H and O–H groups in total. The zero-order valence-corrected chi connectivity index (χ0v) is 15.3. The number of esters is 1. The quantitative estimate of drug-likeness (QED) is 0.595. The molecule has 2 aliphatic rings. The number of carbonyl (C=O) groups is 1. The molecule has 2 heterocycles. The summed E-state index contributed by atoms with van der Waals surface area (Å²) in [5, 5.41) is 2.07. The number of ether oxygens (including phenoxy) is 1. The molecule has 1 saturated carbocycles. The summed E-state index contributed by atoms with van der Waals surface area (Å²) in [5.41, 5.74) is 0. The fourth-order valence-electron chi connectivity index (χ4n) is 4.00. The summed E-state index contributed by atoms with van der Waals surface area (Å²) in [7, 11) is 4.51. The van der Waals surface area contributed by atoms with E-state index in [1.165, 1.54) is 30.6 Å². The third kappa shape index (κ3) is 4.57. The van der Waals surface area contributed by atoms with Crippen LogP contribution in [0.5, 0.6) is 0 Å². The van der Waals surface area contributed by atoms with E-state index in [2.05, 4.69) is 31.6 Å². The van der Waals surface area contributed by atoms with Crippen LogP contribution >= 0.6 is 11.3 Å². The van der Waals surface area contributed by atoms with Crippen LogP contribution in [0.1, 0.15) is 55.7 Å². The fraction of sp³-hybridized carbons (Fsp3) is 0.737. The predicted octanol–water partition coefficient (Wildman–Crippen LogP) is 4.19. The van der Waals surface area contributed by atoms with Crippen molar-refractivity contribution in [3.05, 3.63) is 22.4 Å². The molecule has 1 saturated heterocycles. The summed E-state index contributed by atoms with van der Waals surface area (Å²) in [6, 6.07) is 4.15. The van der Waals surface area contributed by atoms with Gasteiger partial charge in [0, 0.05) is 17.7 Å². The molecule has 0 unspecified atom stereocenters. The third-order valence-electron chi connectivity index (χ3n) is 5.61. The van der Waals surface area contributed by atoms with Gasteiger partial charge >= 0.3 is 5.97 Å². The number of nitrogens with zero attached hydrogens (tertiary/aromatic N) is 1. The first-order valence-corrected chi connectivity index (χ1v) is 9.97. The lowest BCUT2D eigenvalue weighted by molar-refractivity contribution is -0.896. The van der Waals surface area contributed by atoms with E-state index in [1.807, 2.05) is 0 Å². The SMILES string of the molecule is C[N+]1(C)CCC(OC(=O)[C@@H](CC2CCCC2)c2cccs2)CC1. The first-order valence-electron chi connectivity index (χ1n) is 9.09. The van der Waals surface area contributed by atoms with E-state index in [0.29, 0.717) is 5.92 Å². The fourth-order valence-corrected chi connectivity index (χ4v) is 4.83. The zero-order valence-electron chi connectivity index (χ0n) is 14.5. The average molecular weight is 337 g/mol. The van der Waals surface area contributed by atoms with E-state index < -0.39 is 0 Å². The van der Waals surface area contributed by atoms with E-state index in [9.17, 15) is 4.79 Å². The highest BCUT2D eigenvalue weighted by Gasteiger charge is 2.33. The van der Waals surface area contributed by atoms with Gasteiger partial charge in [-0.25, -0.2) is 0 Å². The van der Waals surface area contributed by atoms with Crippen LogP contribution in [0.25, 0.3) is 0 Å². The highest BCUT2D eigenvalue weighted by Crippen LogP contribution is 2.36. The van der Waals surface area contributed by atoms with Crippen molar-refractivity contribution in [2.45, 2.75) is 57.0 Å². The van der Waals surface area contributed by atoms with Crippen LogP contribution in [0, 0.1) is 5.92 Å². The summed E-state index contributed by atoms with van der Waals surface area (Å²) in [6.07, 6.45) is 8.32. The Balaban J connectivity index is 1.61. The largest absolute Gasteiger partial charge is 0.461 e. The van der Waals surface area contributed by atoms with Gasteiger partial charge in [0.05, 0.1) is 33.1 Å². The topological polar surface area (TPSA) is 26.3 Å². The minimum Gasteiger partial charge on any atom is -0.461 e. The van der Waals surface area contributed by atoms with Gasteiger partial charge in [-0.15, -0.1) is 11.3 Å². The second-order valence-corrected chi connectivity index (χ2v) is 8.95. The molecule has 3 nitrogen and oxygen atoms in total. The minimum atomic E-state index is -0.0393. The molecule has 23 heavy (non-hydrogen) atoms. The Labute approximate surface area is 144 Å². The van der Waals surface area contributed by atoms with Crippen LogP contribution in [-0.2, 0) is 9.53 Å². The van der Waals surface area contributed by atoms with Gasteiger partial charge in [0.25, 0.3) is 0 Å². The van der Waals surface area contributed by atoms with Gasteiger partial charge in [-0.05, 0) is 23.8 Å². The maximum Gasteiger partial charge on any atom is 0.314 e. The lowest BCUT2D eigenvalue weighted by atomic mass is 9.92. The van der Waals surface area contributed by atoms with Crippen LogP contribution in [0.15, 0.2) is 17.5 Å². The Bertz CT molecular complexity index is 495. The van der Waals surface area contributed by atoms with E-state index >= 15 is 0 Å². The third-order valence-corrected chi connectivity index (χ3v) is 6.60. The summed E-state index contributed by atoms with van der Waals surface area (Å²) < 4.78 is 6.98. The van der Waals surface area contributed by atoms with Crippen LogP contribution in [0.4, 0.5) is 0 Å². The molecule has 0 aromatic carbocycles. The summed E-state index contributed by atoms with van der Waals surface area (Å²) in [5.74, 6) is 0.690. The van der Waals surface area contributed by atoms with Gasteiger partial charge in [0.15, 0.2) is 0 Å². The van der Waals surface area contributed by atoms with Crippen molar-refractivity contribution in [3.63, 3.8) is 0 Å². The van der Waals surface area contributed by atoms with Crippen molar-refractivity contribution in [1.82, 2.24) is 0 Å². The molecular formula is C19H30NO2S+. The minimum absolute atomic E-state index is 0.0246. The van der Waals surface area contributed by atoms with Gasteiger partial charge < -0.3 is 9.22 Å². The summed E-state index contributed by atoms with van der Waals surface area (Å²) in [4.78, 5) is 14.0. The Morgan fingerprint density at radius 1 is 1.26 bits per heavy atom. The van der Waals surface area contributed by atoms with Gasteiger partial charge in [-0.1, -0.05) is 31.7 Å². The molecule has 0 bridgehead atoms. The number of thiophene rings is 1. The maximum absolute atomic E-state index is 12.8. The molecule has 1 aliphatic carbocycles. The summed E-state index contributed by atoms with van der Waals surface area (Å²) >= 11 is 1.70. The van der Waals surface area contributed by atoms with Crippen molar-refractivity contribution >= 4 is 17.3 Å². The molecule has 3 rings (SSSR count). The smallest absolute Gasteiger partial charge is 0.314 e. The molecule has 0 radical (unpaired) electrons. The number of piperidine rings is 1. The molecular weight excluding hydrogens is 306 g/mol. The first-order chi connectivity index (χ1) is 11.0. The Morgan fingerprint density at radius 3 is 2.57 bits per heavy atom. The molecule has 4 heteroatoms. The van der Waals surface area contributed by atoms with E-state index in [0.717, 1.165) is 36.8 Å². The highest BCUT2D eigenvalue weighted by atomic mass is 32.1. The number of rotatable bonds is 5. The van der Waals surface area contributed by atoms with Crippen molar-refractivity contribution in [1.29, 1.82) is 0 Å². The van der Waals surface area contributed by atoms with Crippen molar-refractivity contribution < 1.29 is 14.0 Å². The number of quaternary nitrogens is 1. The highest BCUT2D eigenvalue weighted by molar-refractivity contribution is 7.10. The Morgan fingerprint density at radius 2 is 1.96 bits per heavy atom. The first kappa shape index (κ1) is 17.0. The Kier molecular flexibility index (Phi) is 5.42. The molecule has 1 aromatic heterocycles. The predicted molar refractivity (Wildman–Crippen MR) is 94.6 cm³/mol. The average Bonchev–Trinajstić information content (AvgIpc) is 3.19. The second kappa shape index (κ2) is 7.35.